The number of methoxy groups -OCH3 is 1. The normalized spacial score (nSPS) is 22.5. The summed E-state index contributed by atoms with van der Waals surface area (Å²) in [6, 6.07) is 5.36. The van der Waals surface area contributed by atoms with Crippen molar-refractivity contribution in [3.63, 3.8) is 0 Å². The molecule has 3 rings (SSSR count). The highest BCUT2D eigenvalue weighted by molar-refractivity contribution is 5.88. The number of hydrogen-bond acceptors (Lipinski definition) is 3. The fraction of sp³-hybridized carbons (Fsp3) is 0.278. The van der Waals surface area contributed by atoms with Gasteiger partial charge in [0.05, 0.1) is 18.7 Å². The summed E-state index contributed by atoms with van der Waals surface area (Å²) in [6.07, 6.45) is 10.9. The Bertz CT molecular complexity index is 688. The molecule has 0 saturated carbocycles. The molecule has 114 valence electrons. The van der Waals surface area contributed by atoms with Gasteiger partial charge >= 0.3 is 5.97 Å². The first-order valence-corrected chi connectivity index (χ1v) is 7.29. The molecule has 1 aromatic carbocycles. The number of ether oxygens (including phenoxy) is 1. The van der Waals surface area contributed by atoms with E-state index in [1.165, 1.54) is 5.57 Å². The highest BCUT2D eigenvalue weighted by atomic mass is 16.5. The van der Waals surface area contributed by atoms with Crippen molar-refractivity contribution in [3.8, 4) is 5.75 Å². The van der Waals surface area contributed by atoms with E-state index in [2.05, 4.69) is 42.3 Å². The molecule has 0 bridgehead atoms. The molecular formula is C18H19NO3. The minimum atomic E-state index is -0.943. The molecule has 0 saturated heterocycles. The predicted molar refractivity (Wildman–Crippen MR) is 84.8 cm³/mol. The van der Waals surface area contributed by atoms with E-state index in [-0.39, 0.29) is 5.56 Å². The van der Waals surface area contributed by atoms with Gasteiger partial charge in [-0.3, -0.25) is 0 Å². The zero-order valence-corrected chi connectivity index (χ0v) is 12.7. The third-order valence-electron chi connectivity index (χ3n) is 4.18. The van der Waals surface area contributed by atoms with Gasteiger partial charge in [0.1, 0.15) is 5.75 Å². The Balaban J connectivity index is 1.83. The molecule has 0 radical (unpaired) electrons. The van der Waals surface area contributed by atoms with E-state index in [9.17, 15) is 4.79 Å². The summed E-state index contributed by atoms with van der Waals surface area (Å²) >= 11 is 0. The molecule has 0 fully saturated rings. The molecule has 2 atom stereocenters. The number of nitrogens with zero attached hydrogens (tertiary/aromatic N) is 1. The molecule has 4 nitrogen and oxygen atoms in total. The number of carbonyl (C=O) groups is 1. The Labute approximate surface area is 130 Å². The van der Waals surface area contributed by atoms with Crippen LogP contribution < -0.4 is 4.74 Å². The summed E-state index contributed by atoms with van der Waals surface area (Å²) in [4.78, 5) is 13.3. The van der Waals surface area contributed by atoms with Crippen LogP contribution in [-0.4, -0.2) is 29.1 Å². The molecule has 1 aliphatic carbocycles. The Hall–Kier alpha value is -2.49. The van der Waals surface area contributed by atoms with Crippen LogP contribution in [0.5, 0.6) is 5.75 Å². The lowest BCUT2D eigenvalue weighted by molar-refractivity contribution is 0.0696. The minimum absolute atomic E-state index is 0.242. The van der Waals surface area contributed by atoms with Gasteiger partial charge in [-0.1, -0.05) is 35.9 Å². The van der Waals surface area contributed by atoms with Crippen LogP contribution in [0.3, 0.4) is 0 Å². The molecule has 4 heteroatoms. The average molecular weight is 297 g/mol. The number of fused-ring (bicyclic) bond motifs is 1. The van der Waals surface area contributed by atoms with Gasteiger partial charge < -0.3 is 14.7 Å². The summed E-state index contributed by atoms with van der Waals surface area (Å²) in [6.45, 7) is 2.80. The quantitative estimate of drug-likeness (QED) is 0.927. The standard InChI is InChI=1S/C18H19NO3/c1-12-3-4-13-7-8-19(16(13)9-12)11-15-6-5-14(18(20)21)10-17(15)22-2/h3-10,13,16H,11H2,1-2H3,(H,20,21). The van der Waals surface area contributed by atoms with Crippen molar-refractivity contribution in [2.24, 2.45) is 5.92 Å². The number of rotatable bonds is 4. The van der Waals surface area contributed by atoms with Crippen LogP contribution in [0.1, 0.15) is 22.8 Å². The summed E-state index contributed by atoms with van der Waals surface area (Å²) in [5.74, 6) is 0.0822. The second kappa shape index (κ2) is 5.72. The Morgan fingerprint density at radius 2 is 2.18 bits per heavy atom. The van der Waals surface area contributed by atoms with Crippen molar-refractivity contribution < 1.29 is 14.6 Å². The summed E-state index contributed by atoms with van der Waals surface area (Å²) in [5.41, 5.74) is 2.49. The van der Waals surface area contributed by atoms with Gasteiger partial charge in [0.2, 0.25) is 0 Å². The van der Waals surface area contributed by atoms with Crippen LogP contribution >= 0.6 is 0 Å². The molecule has 2 unspecified atom stereocenters. The van der Waals surface area contributed by atoms with Crippen LogP contribution in [0.4, 0.5) is 0 Å². The van der Waals surface area contributed by atoms with Crippen molar-refractivity contribution in [2.45, 2.75) is 19.5 Å². The molecule has 0 spiro atoms. The number of benzene rings is 1. The van der Waals surface area contributed by atoms with Gasteiger partial charge in [-0.15, -0.1) is 0 Å². The third-order valence-corrected chi connectivity index (χ3v) is 4.18. The lowest BCUT2D eigenvalue weighted by atomic mass is 9.93. The number of carboxylic acid groups (broad SMARTS) is 1. The molecule has 1 N–H and O–H groups in total. The average Bonchev–Trinajstić information content (AvgIpc) is 2.89. The molecule has 1 heterocycles. The molecule has 2 aliphatic rings. The third kappa shape index (κ3) is 2.64. The van der Waals surface area contributed by atoms with E-state index in [1.54, 1.807) is 19.2 Å². The first-order valence-electron chi connectivity index (χ1n) is 7.29. The zero-order chi connectivity index (χ0) is 15.7. The van der Waals surface area contributed by atoms with Crippen molar-refractivity contribution in [1.29, 1.82) is 0 Å². The maximum absolute atomic E-state index is 11.1. The number of aromatic carboxylic acids is 1. The largest absolute Gasteiger partial charge is 0.496 e. The first-order chi connectivity index (χ1) is 10.6. The molecule has 22 heavy (non-hydrogen) atoms. The van der Waals surface area contributed by atoms with Crippen LogP contribution in [-0.2, 0) is 6.54 Å². The molecule has 1 aliphatic heterocycles. The first kappa shape index (κ1) is 14.4. The van der Waals surface area contributed by atoms with E-state index >= 15 is 0 Å². The van der Waals surface area contributed by atoms with Crippen molar-refractivity contribution in [1.82, 2.24) is 4.90 Å². The van der Waals surface area contributed by atoms with Gasteiger partial charge in [-0.2, -0.15) is 0 Å². The van der Waals surface area contributed by atoms with Crippen LogP contribution in [0.25, 0.3) is 0 Å². The van der Waals surface area contributed by atoms with E-state index in [0.29, 0.717) is 24.3 Å². The molecule has 0 aromatic heterocycles. The molecule has 1 aromatic rings. The Morgan fingerprint density at radius 1 is 1.36 bits per heavy atom. The van der Waals surface area contributed by atoms with Gasteiger partial charge in [0, 0.05) is 18.0 Å². The Morgan fingerprint density at radius 3 is 2.91 bits per heavy atom. The Kier molecular flexibility index (Phi) is 3.75. The maximum Gasteiger partial charge on any atom is 0.335 e. The number of allylic oxidation sites excluding steroid dienone is 2. The van der Waals surface area contributed by atoms with Crippen molar-refractivity contribution >= 4 is 5.97 Å². The topological polar surface area (TPSA) is 49.8 Å². The van der Waals surface area contributed by atoms with E-state index < -0.39 is 5.97 Å². The minimum Gasteiger partial charge on any atom is -0.496 e. The van der Waals surface area contributed by atoms with Crippen molar-refractivity contribution in [2.75, 3.05) is 7.11 Å². The summed E-state index contributed by atoms with van der Waals surface area (Å²) in [7, 11) is 1.57. The summed E-state index contributed by atoms with van der Waals surface area (Å²) < 4.78 is 5.36. The van der Waals surface area contributed by atoms with E-state index in [1.807, 2.05) is 6.07 Å². The lowest BCUT2D eigenvalue weighted by Crippen LogP contribution is -2.30. The highest BCUT2D eigenvalue weighted by Crippen LogP contribution is 2.31. The van der Waals surface area contributed by atoms with Crippen LogP contribution in [0.15, 0.2) is 54.3 Å². The highest BCUT2D eigenvalue weighted by Gasteiger charge is 2.28. The molecule has 0 amide bonds. The predicted octanol–water partition coefficient (Wildman–Crippen LogP) is 3.22. The number of carboxylic acids is 1. The van der Waals surface area contributed by atoms with E-state index in [4.69, 9.17) is 9.84 Å². The van der Waals surface area contributed by atoms with Gasteiger partial charge in [0.15, 0.2) is 0 Å². The van der Waals surface area contributed by atoms with Crippen LogP contribution in [0, 0.1) is 5.92 Å². The lowest BCUT2D eigenvalue weighted by Gasteiger charge is -2.29. The smallest absolute Gasteiger partial charge is 0.335 e. The summed E-state index contributed by atoms with van der Waals surface area (Å²) in [5, 5.41) is 9.07. The van der Waals surface area contributed by atoms with Gasteiger partial charge in [-0.05, 0) is 25.3 Å². The van der Waals surface area contributed by atoms with Gasteiger partial charge in [0.25, 0.3) is 0 Å². The van der Waals surface area contributed by atoms with Crippen molar-refractivity contribution in [3.05, 3.63) is 65.4 Å². The fourth-order valence-electron chi connectivity index (χ4n) is 2.98. The maximum atomic E-state index is 11.1. The van der Waals surface area contributed by atoms with E-state index in [0.717, 1.165) is 5.56 Å². The second-order valence-corrected chi connectivity index (χ2v) is 5.68. The fourth-order valence-corrected chi connectivity index (χ4v) is 2.98. The van der Waals surface area contributed by atoms with Crippen LogP contribution in [0.2, 0.25) is 0 Å². The zero-order valence-electron chi connectivity index (χ0n) is 12.7. The molecular weight excluding hydrogens is 278 g/mol. The second-order valence-electron chi connectivity index (χ2n) is 5.68. The van der Waals surface area contributed by atoms with Gasteiger partial charge in [-0.25, -0.2) is 4.79 Å². The monoisotopic (exact) mass is 297 g/mol. The number of hydrogen-bond donors (Lipinski definition) is 1. The SMILES string of the molecule is COc1cc(C(=O)O)ccc1CN1C=CC2C=CC(C)=CC21.